The van der Waals surface area contributed by atoms with Gasteiger partial charge in [-0.2, -0.15) is 0 Å². The number of aromatic hydroxyl groups is 1. The van der Waals surface area contributed by atoms with E-state index in [1.165, 1.54) is 4.31 Å². The Kier molecular flexibility index (Phi) is 3.60. The van der Waals surface area contributed by atoms with Crippen molar-refractivity contribution in [3.8, 4) is 5.75 Å². The van der Waals surface area contributed by atoms with Gasteiger partial charge in [-0.25, -0.2) is 8.42 Å². The fourth-order valence-corrected chi connectivity index (χ4v) is 4.35. The van der Waals surface area contributed by atoms with Crippen molar-refractivity contribution in [1.82, 2.24) is 0 Å². The van der Waals surface area contributed by atoms with E-state index in [2.05, 4.69) is 0 Å². The van der Waals surface area contributed by atoms with Gasteiger partial charge >= 0.3 is 0 Å². The molecule has 3 rings (SSSR count). The lowest BCUT2D eigenvalue weighted by Gasteiger charge is -2.31. The van der Waals surface area contributed by atoms with Gasteiger partial charge in [0.25, 0.3) is 10.0 Å². The predicted octanol–water partition coefficient (Wildman–Crippen LogP) is 3.15. The van der Waals surface area contributed by atoms with Crippen LogP contribution >= 0.6 is 0 Å². The molecule has 1 heterocycles. The molecule has 0 saturated carbocycles. The Labute approximate surface area is 131 Å². The summed E-state index contributed by atoms with van der Waals surface area (Å²) in [5.74, 6) is 0.0629. The largest absolute Gasteiger partial charge is 0.505 e. The number of rotatable bonds is 2. The van der Waals surface area contributed by atoms with Gasteiger partial charge in [0.1, 0.15) is 5.75 Å². The number of hydrogen-bond acceptors (Lipinski definition) is 3. The van der Waals surface area contributed by atoms with Gasteiger partial charge in [0, 0.05) is 6.54 Å². The molecule has 0 atom stereocenters. The molecule has 1 aliphatic rings. The third-order valence-electron chi connectivity index (χ3n) is 4.10. The van der Waals surface area contributed by atoms with E-state index in [-0.39, 0.29) is 10.6 Å². The number of benzene rings is 2. The number of anilines is 1. The van der Waals surface area contributed by atoms with E-state index in [4.69, 9.17) is 0 Å². The molecule has 0 radical (unpaired) electrons. The van der Waals surface area contributed by atoms with Crippen LogP contribution in [0.1, 0.15) is 23.1 Å². The first-order chi connectivity index (χ1) is 10.4. The van der Waals surface area contributed by atoms with E-state index in [0.29, 0.717) is 17.8 Å². The lowest BCUT2D eigenvalue weighted by atomic mass is 10.0. The first-order valence-corrected chi connectivity index (χ1v) is 8.76. The Hall–Kier alpha value is -2.01. The average Bonchev–Trinajstić information content (AvgIpc) is 2.51. The molecular weight excluding hydrogens is 298 g/mol. The molecule has 0 unspecified atom stereocenters. The summed E-state index contributed by atoms with van der Waals surface area (Å²) in [4.78, 5) is 0.256. The summed E-state index contributed by atoms with van der Waals surface area (Å²) in [5, 5.41) is 10.4. The number of aryl methyl sites for hydroxylation is 3. The topological polar surface area (TPSA) is 57.6 Å². The molecule has 22 heavy (non-hydrogen) atoms. The second-order valence-corrected chi connectivity index (χ2v) is 7.59. The number of sulfonamides is 1. The van der Waals surface area contributed by atoms with Gasteiger partial charge in [0.05, 0.1) is 10.6 Å². The van der Waals surface area contributed by atoms with Crippen LogP contribution in [0, 0.1) is 13.8 Å². The van der Waals surface area contributed by atoms with E-state index >= 15 is 0 Å². The second kappa shape index (κ2) is 5.32. The molecule has 0 bridgehead atoms. The highest BCUT2D eigenvalue weighted by atomic mass is 32.2. The Bertz CT molecular complexity index is 811. The first kappa shape index (κ1) is 14.9. The number of hydrogen-bond donors (Lipinski definition) is 1. The fourth-order valence-electron chi connectivity index (χ4n) is 2.81. The van der Waals surface area contributed by atoms with Crippen molar-refractivity contribution in [2.24, 2.45) is 0 Å². The minimum Gasteiger partial charge on any atom is -0.505 e. The zero-order chi connectivity index (χ0) is 15.9. The van der Waals surface area contributed by atoms with Crippen molar-refractivity contribution in [3.63, 3.8) is 0 Å². The minimum absolute atomic E-state index is 0.0629. The van der Waals surface area contributed by atoms with E-state index in [1.54, 1.807) is 31.2 Å². The van der Waals surface area contributed by atoms with Gasteiger partial charge in [-0.15, -0.1) is 0 Å². The number of nitrogens with zero attached hydrogens (tertiary/aromatic N) is 1. The maximum atomic E-state index is 12.9. The van der Waals surface area contributed by atoms with Crippen LogP contribution in [0.4, 0.5) is 5.69 Å². The molecule has 1 aliphatic heterocycles. The molecule has 2 aromatic rings. The van der Waals surface area contributed by atoms with Crippen LogP contribution in [0.15, 0.2) is 41.3 Å². The van der Waals surface area contributed by atoms with Gasteiger partial charge in [0.2, 0.25) is 0 Å². The zero-order valence-electron chi connectivity index (χ0n) is 12.7. The molecule has 2 aromatic carbocycles. The quantitative estimate of drug-likeness (QED) is 0.925. The van der Waals surface area contributed by atoms with Crippen LogP contribution in [-0.4, -0.2) is 20.1 Å². The molecule has 0 spiro atoms. The Morgan fingerprint density at radius 2 is 1.73 bits per heavy atom. The highest BCUT2D eigenvalue weighted by Crippen LogP contribution is 2.40. The first-order valence-electron chi connectivity index (χ1n) is 7.32. The summed E-state index contributed by atoms with van der Waals surface area (Å²) in [6.45, 7) is 4.09. The van der Waals surface area contributed by atoms with Crippen molar-refractivity contribution in [2.45, 2.75) is 31.6 Å². The van der Waals surface area contributed by atoms with Gasteiger partial charge in [-0.1, -0.05) is 29.8 Å². The summed E-state index contributed by atoms with van der Waals surface area (Å²) in [5.41, 5.74) is 3.01. The molecule has 0 amide bonds. The van der Waals surface area contributed by atoms with Gasteiger partial charge in [-0.05, 0) is 49.9 Å². The van der Waals surface area contributed by atoms with Crippen LogP contribution in [0.2, 0.25) is 0 Å². The van der Waals surface area contributed by atoms with Crippen molar-refractivity contribution in [1.29, 1.82) is 0 Å². The third-order valence-corrected chi connectivity index (χ3v) is 5.92. The number of phenols is 1. The van der Waals surface area contributed by atoms with E-state index in [1.807, 2.05) is 19.1 Å². The van der Waals surface area contributed by atoms with Crippen LogP contribution in [0.3, 0.4) is 0 Å². The van der Waals surface area contributed by atoms with Gasteiger partial charge < -0.3 is 5.11 Å². The lowest BCUT2D eigenvalue weighted by Crippen LogP contribution is -2.35. The molecule has 4 nitrogen and oxygen atoms in total. The van der Waals surface area contributed by atoms with Crippen LogP contribution < -0.4 is 4.31 Å². The molecule has 1 N–H and O–H groups in total. The predicted molar refractivity (Wildman–Crippen MR) is 86.9 cm³/mol. The molecule has 0 aromatic heterocycles. The molecule has 0 aliphatic carbocycles. The summed E-state index contributed by atoms with van der Waals surface area (Å²) in [7, 11) is -3.66. The van der Waals surface area contributed by atoms with Crippen LogP contribution in [0.25, 0.3) is 0 Å². The fraction of sp³-hybridized carbons (Fsp3) is 0.294. The number of fused-ring (bicyclic) bond motifs is 1. The van der Waals surface area contributed by atoms with Crippen molar-refractivity contribution in [3.05, 3.63) is 53.1 Å². The van der Waals surface area contributed by atoms with E-state index in [9.17, 15) is 13.5 Å². The Morgan fingerprint density at radius 1 is 1.05 bits per heavy atom. The summed E-state index contributed by atoms with van der Waals surface area (Å²) < 4.78 is 27.2. The second-order valence-electron chi connectivity index (χ2n) is 5.73. The molecule has 0 saturated heterocycles. The van der Waals surface area contributed by atoms with Gasteiger partial charge in [0.15, 0.2) is 0 Å². The SMILES string of the molecule is Cc1ccc(S(=O)(=O)N2CCCc3ccc(C)c(O)c32)cc1. The Morgan fingerprint density at radius 3 is 2.41 bits per heavy atom. The maximum absolute atomic E-state index is 12.9. The average molecular weight is 317 g/mol. The minimum atomic E-state index is -3.66. The van der Waals surface area contributed by atoms with Crippen molar-refractivity contribution < 1.29 is 13.5 Å². The van der Waals surface area contributed by atoms with Gasteiger partial charge in [-0.3, -0.25) is 4.31 Å². The normalized spacial score (nSPS) is 14.7. The van der Waals surface area contributed by atoms with E-state index in [0.717, 1.165) is 24.0 Å². The summed E-state index contributed by atoms with van der Waals surface area (Å²) in [6.07, 6.45) is 1.53. The Balaban J connectivity index is 2.15. The highest BCUT2D eigenvalue weighted by Gasteiger charge is 2.31. The van der Waals surface area contributed by atoms with Crippen LogP contribution in [-0.2, 0) is 16.4 Å². The molecule has 0 fully saturated rings. The zero-order valence-corrected chi connectivity index (χ0v) is 13.5. The summed E-state index contributed by atoms with van der Waals surface area (Å²) in [6, 6.07) is 10.5. The summed E-state index contributed by atoms with van der Waals surface area (Å²) >= 11 is 0. The maximum Gasteiger partial charge on any atom is 0.264 e. The molecule has 5 heteroatoms. The van der Waals surface area contributed by atoms with E-state index < -0.39 is 10.0 Å². The highest BCUT2D eigenvalue weighted by molar-refractivity contribution is 7.92. The monoisotopic (exact) mass is 317 g/mol. The molecular formula is C17H19NO3S. The van der Waals surface area contributed by atoms with Crippen molar-refractivity contribution in [2.75, 3.05) is 10.8 Å². The van der Waals surface area contributed by atoms with Crippen molar-refractivity contribution >= 4 is 15.7 Å². The smallest absolute Gasteiger partial charge is 0.264 e. The van der Waals surface area contributed by atoms with Crippen LogP contribution in [0.5, 0.6) is 5.75 Å². The third kappa shape index (κ3) is 2.35. The number of phenolic OH excluding ortho intramolecular Hbond substituents is 1. The molecule has 116 valence electrons. The lowest BCUT2D eigenvalue weighted by molar-refractivity contribution is 0.468. The standard InChI is InChI=1S/C17H19NO3S/c1-12-5-9-15(10-6-12)22(20,21)18-11-3-4-14-8-7-13(2)17(19)16(14)18/h5-10,19H,3-4,11H2,1-2H3.